The van der Waals surface area contributed by atoms with E-state index in [4.69, 9.17) is 21.1 Å². The molecule has 0 aliphatic rings. The van der Waals surface area contributed by atoms with Gasteiger partial charge >= 0.3 is 0 Å². The smallest absolute Gasteiger partial charge is 0.264 e. The number of carbonyl (C=O) groups excluding carboxylic acids is 1. The van der Waals surface area contributed by atoms with Crippen LogP contribution in [0.25, 0.3) is 0 Å². The molecule has 0 saturated carbocycles. The average Bonchev–Trinajstić information content (AvgIpc) is 2.48. The van der Waals surface area contributed by atoms with E-state index in [1.165, 1.54) is 20.3 Å². The Morgan fingerprint density at radius 1 is 1.10 bits per heavy atom. The van der Waals surface area contributed by atoms with Crippen LogP contribution >= 0.6 is 11.6 Å². The Balaban J connectivity index is 2.31. The third-order valence-corrected chi connectivity index (χ3v) is 2.73. The number of carbonyl (C=O) groups is 1. The van der Waals surface area contributed by atoms with Crippen molar-refractivity contribution >= 4 is 23.3 Å². The van der Waals surface area contributed by atoms with Crippen LogP contribution < -0.4 is 14.8 Å². The number of anilines is 1. The van der Waals surface area contributed by atoms with Crippen LogP contribution in [-0.4, -0.2) is 30.3 Å². The molecule has 6 nitrogen and oxygen atoms in total. The Morgan fingerprint density at radius 3 is 2.25 bits per heavy atom. The van der Waals surface area contributed by atoms with Crippen LogP contribution in [0.1, 0.15) is 10.4 Å². The molecule has 2 rings (SSSR count). The molecule has 0 atom stereocenters. The predicted molar refractivity (Wildman–Crippen MR) is 74.5 cm³/mol. The van der Waals surface area contributed by atoms with Crippen LogP contribution in [-0.2, 0) is 0 Å². The fourth-order valence-corrected chi connectivity index (χ4v) is 1.74. The Bertz CT molecular complexity index is 595. The first-order valence-corrected chi connectivity index (χ1v) is 6.05. The van der Waals surface area contributed by atoms with Crippen molar-refractivity contribution in [3.8, 4) is 11.5 Å². The minimum absolute atomic E-state index is 0.248. The van der Waals surface area contributed by atoms with Gasteiger partial charge in [0.1, 0.15) is 17.1 Å². The van der Waals surface area contributed by atoms with E-state index >= 15 is 0 Å². The van der Waals surface area contributed by atoms with E-state index in [9.17, 15) is 4.79 Å². The molecular formula is C13H12ClN3O3. The zero-order chi connectivity index (χ0) is 14.5. The SMILES string of the molecule is COc1cccc(OC)c1C(=O)Nc1ccc(Cl)nn1. The van der Waals surface area contributed by atoms with Crippen LogP contribution in [0.5, 0.6) is 11.5 Å². The van der Waals surface area contributed by atoms with Crippen LogP contribution in [0.15, 0.2) is 30.3 Å². The number of amides is 1. The Hall–Kier alpha value is -2.34. The lowest BCUT2D eigenvalue weighted by molar-refractivity contribution is 0.102. The second kappa shape index (κ2) is 6.21. The van der Waals surface area contributed by atoms with Crippen molar-refractivity contribution in [2.24, 2.45) is 0 Å². The van der Waals surface area contributed by atoms with Crippen molar-refractivity contribution in [1.82, 2.24) is 10.2 Å². The number of benzene rings is 1. The monoisotopic (exact) mass is 293 g/mol. The van der Waals surface area contributed by atoms with Crippen molar-refractivity contribution in [3.63, 3.8) is 0 Å². The zero-order valence-corrected chi connectivity index (χ0v) is 11.6. The fourth-order valence-electron chi connectivity index (χ4n) is 1.64. The molecule has 0 bridgehead atoms. The summed E-state index contributed by atoms with van der Waals surface area (Å²) in [6.07, 6.45) is 0. The lowest BCUT2D eigenvalue weighted by Crippen LogP contribution is -2.15. The molecule has 0 unspecified atom stereocenters. The standard InChI is InChI=1S/C13H12ClN3O3/c1-19-8-4-3-5-9(20-2)12(8)13(18)15-11-7-6-10(14)16-17-11/h3-7H,1-2H3,(H,15,17,18). The summed E-state index contributed by atoms with van der Waals surface area (Å²) in [6.45, 7) is 0. The van der Waals surface area contributed by atoms with Crippen LogP contribution in [0.4, 0.5) is 5.82 Å². The Morgan fingerprint density at radius 2 is 1.75 bits per heavy atom. The van der Waals surface area contributed by atoms with E-state index in [2.05, 4.69) is 15.5 Å². The molecular weight excluding hydrogens is 282 g/mol. The molecule has 0 spiro atoms. The second-order valence-electron chi connectivity index (χ2n) is 3.73. The highest BCUT2D eigenvalue weighted by Crippen LogP contribution is 2.28. The highest BCUT2D eigenvalue weighted by molar-refractivity contribution is 6.29. The van der Waals surface area contributed by atoms with Gasteiger partial charge in [0.25, 0.3) is 5.91 Å². The van der Waals surface area contributed by atoms with Gasteiger partial charge in [0, 0.05) is 0 Å². The minimum atomic E-state index is -0.407. The summed E-state index contributed by atoms with van der Waals surface area (Å²) >= 11 is 5.63. The van der Waals surface area contributed by atoms with E-state index in [1.54, 1.807) is 24.3 Å². The van der Waals surface area contributed by atoms with Gasteiger partial charge in [-0.1, -0.05) is 17.7 Å². The van der Waals surface area contributed by atoms with Crippen molar-refractivity contribution in [2.75, 3.05) is 19.5 Å². The molecule has 0 saturated heterocycles. The number of nitrogens with zero attached hydrogens (tertiary/aromatic N) is 2. The number of ether oxygens (including phenoxy) is 2. The lowest BCUT2D eigenvalue weighted by Gasteiger charge is -2.12. The number of methoxy groups -OCH3 is 2. The molecule has 1 amide bonds. The highest BCUT2D eigenvalue weighted by atomic mass is 35.5. The predicted octanol–water partition coefficient (Wildman–Crippen LogP) is 2.40. The summed E-state index contributed by atoms with van der Waals surface area (Å²) in [5.41, 5.74) is 0.286. The van der Waals surface area contributed by atoms with Gasteiger partial charge in [-0.25, -0.2) is 0 Å². The number of nitrogens with one attached hydrogen (secondary N) is 1. The molecule has 0 radical (unpaired) electrons. The van der Waals surface area contributed by atoms with Gasteiger partial charge in [0.2, 0.25) is 0 Å². The molecule has 0 aliphatic carbocycles. The molecule has 1 aromatic heterocycles. The first-order valence-electron chi connectivity index (χ1n) is 5.67. The summed E-state index contributed by atoms with van der Waals surface area (Å²) in [7, 11) is 2.96. The van der Waals surface area contributed by atoms with E-state index < -0.39 is 5.91 Å². The van der Waals surface area contributed by atoms with Crippen LogP contribution in [0.2, 0.25) is 5.15 Å². The first kappa shape index (κ1) is 14.1. The average molecular weight is 294 g/mol. The molecule has 1 heterocycles. The normalized spacial score (nSPS) is 9.95. The van der Waals surface area contributed by atoms with E-state index in [0.29, 0.717) is 11.5 Å². The molecule has 0 aliphatic heterocycles. The van der Waals surface area contributed by atoms with Gasteiger partial charge in [-0.15, -0.1) is 10.2 Å². The number of aromatic nitrogens is 2. The van der Waals surface area contributed by atoms with Crippen molar-refractivity contribution in [3.05, 3.63) is 41.0 Å². The Labute approximate surface area is 120 Å². The lowest BCUT2D eigenvalue weighted by atomic mass is 10.1. The topological polar surface area (TPSA) is 73.3 Å². The van der Waals surface area contributed by atoms with Gasteiger partial charge < -0.3 is 14.8 Å². The molecule has 7 heteroatoms. The third kappa shape index (κ3) is 2.97. The Kier molecular flexibility index (Phi) is 4.37. The van der Waals surface area contributed by atoms with Crippen molar-refractivity contribution < 1.29 is 14.3 Å². The van der Waals surface area contributed by atoms with E-state index in [1.807, 2.05) is 0 Å². The van der Waals surface area contributed by atoms with Gasteiger partial charge in [-0.05, 0) is 24.3 Å². The summed E-state index contributed by atoms with van der Waals surface area (Å²) < 4.78 is 10.3. The van der Waals surface area contributed by atoms with E-state index in [0.717, 1.165) is 0 Å². The van der Waals surface area contributed by atoms with Crippen molar-refractivity contribution in [2.45, 2.75) is 0 Å². The fraction of sp³-hybridized carbons (Fsp3) is 0.154. The molecule has 1 aromatic carbocycles. The van der Waals surface area contributed by atoms with Gasteiger partial charge in [-0.3, -0.25) is 4.79 Å². The zero-order valence-electron chi connectivity index (χ0n) is 10.9. The van der Waals surface area contributed by atoms with Crippen molar-refractivity contribution in [1.29, 1.82) is 0 Å². The van der Waals surface area contributed by atoms with E-state index in [-0.39, 0.29) is 16.5 Å². The van der Waals surface area contributed by atoms with Gasteiger partial charge in [-0.2, -0.15) is 0 Å². The van der Waals surface area contributed by atoms with Crippen LogP contribution in [0.3, 0.4) is 0 Å². The second-order valence-corrected chi connectivity index (χ2v) is 4.12. The molecule has 2 aromatic rings. The minimum Gasteiger partial charge on any atom is -0.496 e. The third-order valence-electron chi connectivity index (χ3n) is 2.53. The quantitative estimate of drug-likeness (QED) is 0.937. The molecule has 20 heavy (non-hydrogen) atoms. The number of hydrogen-bond acceptors (Lipinski definition) is 5. The highest BCUT2D eigenvalue weighted by Gasteiger charge is 2.18. The summed E-state index contributed by atoms with van der Waals surface area (Å²) in [5, 5.41) is 10.3. The summed E-state index contributed by atoms with van der Waals surface area (Å²) in [5.74, 6) is 0.691. The number of halogens is 1. The maximum atomic E-state index is 12.3. The molecule has 104 valence electrons. The maximum Gasteiger partial charge on any atom is 0.264 e. The molecule has 0 fully saturated rings. The largest absolute Gasteiger partial charge is 0.496 e. The maximum absolute atomic E-state index is 12.3. The van der Waals surface area contributed by atoms with Gasteiger partial charge in [0.05, 0.1) is 14.2 Å². The first-order chi connectivity index (χ1) is 9.65. The summed E-state index contributed by atoms with van der Waals surface area (Å²) in [6, 6.07) is 8.16. The number of hydrogen-bond donors (Lipinski definition) is 1. The number of rotatable bonds is 4. The van der Waals surface area contributed by atoms with Gasteiger partial charge in [0.15, 0.2) is 11.0 Å². The van der Waals surface area contributed by atoms with Crippen LogP contribution in [0, 0.1) is 0 Å². The molecule has 1 N–H and O–H groups in total. The summed E-state index contributed by atoms with van der Waals surface area (Å²) in [4.78, 5) is 12.3.